The van der Waals surface area contributed by atoms with E-state index in [1.54, 1.807) is 17.8 Å². The third kappa shape index (κ3) is 9.70. The average molecular weight is 593 g/mol. The van der Waals surface area contributed by atoms with E-state index >= 15 is 0 Å². The number of hydrogen-bond donors (Lipinski definition) is 4. The summed E-state index contributed by atoms with van der Waals surface area (Å²) in [4.78, 5) is 35.5. The Morgan fingerprint density at radius 1 is 0.881 bits per heavy atom. The lowest BCUT2D eigenvalue weighted by Crippen LogP contribution is -2.31. The molecule has 1 heterocycles. The molecule has 0 aromatic heterocycles. The van der Waals surface area contributed by atoms with Crippen LogP contribution in [-0.2, 0) is 30.5 Å². The van der Waals surface area contributed by atoms with Crippen LogP contribution in [0.5, 0.6) is 0 Å². The van der Waals surface area contributed by atoms with Crippen molar-refractivity contribution in [3.8, 4) is 0 Å². The number of aliphatic carboxylic acids is 1. The first kappa shape index (κ1) is 31.2. The number of benzene rings is 3. The molecule has 1 aliphatic rings. The van der Waals surface area contributed by atoms with Crippen molar-refractivity contribution in [3.63, 3.8) is 0 Å². The number of rotatable bonds is 13. The minimum absolute atomic E-state index is 0.0321. The monoisotopic (exact) mass is 592 g/mol. The minimum atomic E-state index is -0.866. The normalized spacial score (nSPS) is 18.3. The van der Waals surface area contributed by atoms with Crippen molar-refractivity contribution in [3.05, 3.63) is 89.5 Å². The zero-order valence-corrected chi connectivity index (χ0v) is 24.3. The van der Waals surface area contributed by atoms with Gasteiger partial charge in [0.15, 0.2) is 6.29 Å². The van der Waals surface area contributed by atoms with Crippen LogP contribution in [0.2, 0.25) is 0 Å². The molecule has 0 saturated carbocycles. The van der Waals surface area contributed by atoms with Gasteiger partial charge in [0, 0.05) is 53.8 Å². The fourth-order valence-electron chi connectivity index (χ4n) is 4.60. The number of ether oxygens (including phenoxy) is 2. The molecule has 4 N–H and O–H groups in total. The van der Waals surface area contributed by atoms with Gasteiger partial charge in [0.2, 0.25) is 11.8 Å². The second-order valence-electron chi connectivity index (χ2n) is 10.1. The Bertz CT molecular complexity index is 1350. The number of amides is 2. The molecular formula is C32H36N2O7S. The van der Waals surface area contributed by atoms with Crippen molar-refractivity contribution in [1.29, 1.82) is 0 Å². The molecule has 1 fully saturated rings. The molecule has 3 atom stereocenters. The van der Waals surface area contributed by atoms with Gasteiger partial charge in [-0.05, 0) is 60.4 Å². The lowest BCUT2D eigenvalue weighted by molar-refractivity contribution is -0.245. The van der Waals surface area contributed by atoms with Crippen LogP contribution in [0.3, 0.4) is 0 Å². The second-order valence-corrected chi connectivity index (χ2v) is 11.2. The van der Waals surface area contributed by atoms with Crippen LogP contribution in [0.15, 0.2) is 77.7 Å². The molecule has 42 heavy (non-hydrogen) atoms. The third-order valence-electron chi connectivity index (χ3n) is 6.71. The number of thioether (sulfide) groups is 1. The van der Waals surface area contributed by atoms with Crippen molar-refractivity contribution in [2.24, 2.45) is 0 Å². The van der Waals surface area contributed by atoms with Gasteiger partial charge >= 0.3 is 5.97 Å². The van der Waals surface area contributed by atoms with Crippen LogP contribution in [0.25, 0.3) is 0 Å². The maximum absolute atomic E-state index is 12.4. The number of anilines is 2. The van der Waals surface area contributed by atoms with Gasteiger partial charge in [0.1, 0.15) is 0 Å². The van der Waals surface area contributed by atoms with Gasteiger partial charge in [-0.2, -0.15) is 0 Å². The highest BCUT2D eigenvalue weighted by molar-refractivity contribution is 7.99. The van der Waals surface area contributed by atoms with Crippen molar-refractivity contribution < 1.29 is 34.1 Å². The summed E-state index contributed by atoms with van der Waals surface area (Å²) >= 11 is 1.66. The number of carbonyl (C=O) groups excluding carboxylic acids is 2. The van der Waals surface area contributed by atoms with E-state index in [1.807, 2.05) is 66.7 Å². The molecule has 2 amide bonds. The number of hydrogen-bond acceptors (Lipinski definition) is 7. The van der Waals surface area contributed by atoms with E-state index < -0.39 is 12.3 Å². The van der Waals surface area contributed by atoms with Crippen LogP contribution in [-0.4, -0.2) is 39.9 Å². The van der Waals surface area contributed by atoms with Crippen LogP contribution >= 0.6 is 11.8 Å². The molecule has 0 spiro atoms. The molecule has 0 unspecified atom stereocenters. The van der Waals surface area contributed by atoms with Crippen LogP contribution in [0, 0.1) is 0 Å². The number of aliphatic hydroxyl groups excluding tert-OH is 1. The van der Waals surface area contributed by atoms with Gasteiger partial charge < -0.3 is 30.3 Å². The average Bonchev–Trinajstić information content (AvgIpc) is 2.98. The van der Waals surface area contributed by atoms with E-state index in [0.29, 0.717) is 30.7 Å². The van der Waals surface area contributed by atoms with E-state index in [4.69, 9.17) is 14.6 Å². The summed E-state index contributed by atoms with van der Waals surface area (Å²) < 4.78 is 12.8. The Hall–Kier alpha value is -3.70. The molecular weight excluding hydrogens is 556 g/mol. The molecule has 0 aliphatic carbocycles. The highest BCUT2D eigenvalue weighted by Gasteiger charge is 2.32. The molecule has 3 aromatic carbocycles. The second kappa shape index (κ2) is 15.5. The number of unbranched alkanes of at least 4 members (excludes halogenated alkanes) is 1. The summed E-state index contributed by atoms with van der Waals surface area (Å²) in [6, 6.07) is 22.7. The standard InChI is InChI=1S/C32H36N2O7S/c1-21(36)33-25-13-15-28(16-14-25)42-20-27-18-29(23-11-9-22(19-35)10-12-23)41-32(40-27)24-5-4-6-26(17-24)34-30(37)7-2-3-8-31(38)39/h4-6,9-17,27,29,32,35H,2-3,7-8,18-20H2,1H3,(H,33,36)(H,34,37)(H,38,39)/t27-,29+,32+/m1/s1. The van der Waals surface area contributed by atoms with Gasteiger partial charge in [-0.3, -0.25) is 14.4 Å². The SMILES string of the molecule is CC(=O)Nc1ccc(SC[C@H]2C[C@@H](c3ccc(CO)cc3)O[C@@H](c3cccc(NC(=O)CCCCC(=O)O)c3)O2)cc1. The van der Waals surface area contributed by atoms with Gasteiger partial charge in [-0.15, -0.1) is 11.8 Å². The smallest absolute Gasteiger partial charge is 0.303 e. The molecule has 4 rings (SSSR count). The maximum Gasteiger partial charge on any atom is 0.303 e. The summed E-state index contributed by atoms with van der Waals surface area (Å²) in [6.07, 6.45) is 0.830. The van der Waals surface area contributed by atoms with Gasteiger partial charge in [-0.1, -0.05) is 36.4 Å². The maximum atomic E-state index is 12.4. The molecule has 10 heteroatoms. The van der Waals surface area contributed by atoms with Gasteiger partial charge in [-0.25, -0.2) is 0 Å². The zero-order valence-electron chi connectivity index (χ0n) is 23.5. The lowest BCUT2D eigenvalue weighted by atomic mass is 10.0. The third-order valence-corrected chi connectivity index (χ3v) is 7.86. The highest BCUT2D eigenvalue weighted by atomic mass is 32.2. The summed E-state index contributed by atoms with van der Waals surface area (Å²) in [6.45, 7) is 1.44. The van der Waals surface area contributed by atoms with E-state index in [9.17, 15) is 19.5 Å². The summed E-state index contributed by atoms with van der Waals surface area (Å²) in [5.74, 6) is -0.481. The fourth-order valence-corrected chi connectivity index (χ4v) is 5.52. The number of carboxylic acids is 1. The zero-order chi connectivity index (χ0) is 29.9. The topological polar surface area (TPSA) is 134 Å². The lowest BCUT2D eigenvalue weighted by Gasteiger charge is -2.36. The van der Waals surface area contributed by atoms with Crippen molar-refractivity contribution in [2.75, 3.05) is 16.4 Å². The Morgan fingerprint density at radius 3 is 2.31 bits per heavy atom. The molecule has 1 saturated heterocycles. The van der Waals surface area contributed by atoms with Crippen LogP contribution < -0.4 is 10.6 Å². The summed E-state index contributed by atoms with van der Waals surface area (Å²) in [5.41, 5.74) is 3.94. The van der Waals surface area contributed by atoms with E-state index in [0.717, 1.165) is 27.3 Å². The molecule has 1 aliphatic heterocycles. The first-order valence-electron chi connectivity index (χ1n) is 13.9. The Balaban J connectivity index is 1.45. The van der Waals surface area contributed by atoms with Crippen molar-refractivity contribution in [2.45, 2.75) is 69.0 Å². The predicted molar refractivity (Wildman–Crippen MR) is 161 cm³/mol. The van der Waals surface area contributed by atoms with E-state index in [1.165, 1.54) is 6.92 Å². The van der Waals surface area contributed by atoms with Gasteiger partial charge in [0.05, 0.1) is 18.8 Å². The Labute approximate surface area is 249 Å². The molecule has 0 radical (unpaired) electrons. The summed E-state index contributed by atoms with van der Waals surface area (Å²) in [7, 11) is 0. The molecule has 0 bridgehead atoms. The first-order valence-corrected chi connectivity index (χ1v) is 14.9. The number of aliphatic hydroxyl groups is 1. The summed E-state index contributed by atoms with van der Waals surface area (Å²) in [5, 5.41) is 23.9. The number of carbonyl (C=O) groups is 3. The first-order chi connectivity index (χ1) is 20.3. The fraction of sp³-hybridized carbons (Fsp3) is 0.344. The minimum Gasteiger partial charge on any atom is -0.481 e. The highest BCUT2D eigenvalue weighted by Crippen LogP contribution is 2.40. The quantitative estimate of drug-likeness (QED) is 0.139. The predicted octanol–water partition coefficient (Wildman–Crippen LogP) is 6.06. The van der Waals surface area contributed by atoms with Crippen molar-refractivity contribution in [1.82, 2.24) is 0 Å². The van der Waals surface area contributed by atoms with Crippen molar-refractivity contribution >= 4 is 40.9 Å². The van der Waals surface area contributed by atoms with E-state index in [2.05, 4.69) is 10.6 Å². The number of carboxylic acid groups (broad SMARTS) is 1. The van der Waals surface area contributed by atoms with E-state index in [-0.39, 0.29) is 43.5 Å². The van der Waals surface area contributed by atoms with Crippen LogP contribution in [0.1, 0.15) is 68.1 Å². The Morgan fingerprint density at radius 2 is 1.62 bits per heavy atom. The Kier molecular flexibility index (Phi) is 11.5. The molecule has 222 valence electrons. The largest absolute Gasteiger partial charge is 0.481 e. The molecule has 9 nitrogen and oxygen atoms in total. The molecule has 3 aromatic rings. The van der Waals surface area contributed by atoms with Gasteiger partial charge in [0.25, 0.3) is 0 Å². The van der Waals surface area contributed by atoms with Crippen LogP contribution in [0.4, 0.5) is 11.4 Å². The number of nitrogens with one attached hydrogen (secondary N) is 2.